The van der Waals surface area contributed by atoms with Crippen LogP contribution in [0.1, 0.15) is 57.2 Å². The number of hydrogen-bond donors (Lipinski definition) is 1. The third-order valence-corrected chi connectivity index (χ3v) is 5.21. The largest absolute Gasteiger partial charge is 0.497 e. The van der Waals surface area contributed by atoms with Crippen LogP contribution in [0.2, 0.25) is 0 Å². The van der Waals surface area contributed by atoms with Crippen molar-refractivity contribution in [1.29, 1.82) is 0 Å². The lowest BCUT2D eigenvalue weighted by Crippen LogP contribution is -2.46. The van der Waals surface area contributed by atoms with E-state index >= 15 is 0 Å². The first kappa shape index (κ1) is 17.1. The van der Waals surface area contributed by atoms with Gasteiger partial charge in [-0.05, 0) is 63.3 Å². The topological polar surface area (TPSA) is 64.8 Å². The number of likely N-dealkylation sites (tertiary alicyclic amines) is 1. The van der Waals surface area contributed by atoms with Crippen LogP contribution in [0.5, 0.6) is 5.75 Å². The monoisotopic (exact) mass is 332 g/mol. The highest BCUT2D eigenvalue weighted by molar-refractivity contribution is 5.68. The second-order valence-electron chi connectivity index (χ2n) is 8.01. The highest BCUT2D eigenvalue weighted by Gasteiger charge is 2.45. The minimum atomic E-state index is -0.453. The smallest absolute Gasteiger partial charge is 0.410 e. The lowest BCUT2D eigenvalue weighted by atomic mass is 9.73. The van der Waals surface area contributed by atoms with Gasteiger partial charge < -0.3 is 20.1 Å². The summed E-state index contributed by atoms with van der Waals surface area (Å²) >= 11 is 0. The minimum Gasteiger partial charge on any atom is -0.497 e. The molecular weight excluding hydrogens is 304 g/mol. The van der Waals surface area contributed by atoms with Crippen LogP contribution >= 0.6 is 0 Å². The number of carbonyl (C=O) groups is 1. The number of nitrogens with zero attached hydrogens (tertiary/aromatic N) is 1. The summed E-state index contributed by atoms with van der Waals surface area (Å²) in [5.74, 6) is 0.854. The summed E-state index contributed by atoms with van der Waals surface area (Å²) in [6, 6.07) is 6.28. The zero-order valence-electron chi connectivity index (χ0n) is 15.1. The molecule has 1 fully saturated rings. The maximum Gasteiger partial charge on any atom is 0.410 e. The van der Waals surface area contributed by atoms with E-state index in [-0.39, 0.29) is 17.6 Å². The summed E-state index contributed by atoms with van der Waals surface area (Å²) in [5.41, 5.74) is 8.55. The van der Waals surface area contributed by atoms with Crippen LogP contribution in [0, 0.1) is 0 Å². The first-order valence-corrected chi connectivity index (χ1v) is 8.66. The van der Waals surface area contributed by atoms with Crippen LogP contribution in [0.25, 0.3) is 0 Å². The number of ether oxygens (including phenoxy) is 2. The van der Waals surface area contributed by atoms with E-state index in [2.05, 4.69) is 12.1 Å². The number of benzene rings is 1. The molecule has 0 radical (unpaired) electrons. The molecule has 1 aliphatic carbocycles. The fourth-order valence-electron chi connectivity index (χ4n) is 4.02. The van der Waals surface area contributed by atoms with Gasteiger partial charge >= 0.3 is 6.09 Å². The Labute approximate surface area is 144 Å². The van der Waals surface area contributed by atoms with Gasteiger partial charge in [0.2, 0.25) is 0 Å². The van der Waals surface area contributed by atoms with Crippen LogP contribution in [0.3, 0.4) is 0 Å². The highest BCUT2D eigenvalue weighted by Crippen LogP contribution is 2.50. The van der Waals surface area contributed by atoms with E-state index in [4.69, 9.17) is 15.2 Å². The molecule has 5 heteroatoms. The lowest BCUT2D eigenvalue weighted by Gasteiger charge is -2.40. The van der Waals surface area contributed by atoms with Crippen molar-refractivity contribution in [3.05, 3.63) is 29.3 Å². The van der Waals surface area contributed by atoms with E-state index in [1.807, 2.05) is 31.7 Å². The molecule has 1 saturated heterocycles. The summed E-state index contributed by atoms with van der Waals surface area (Å²) < 4.78 is 10.8. The third-order valence-electron chi connectivity index (χ3n) is 5.21. The standard InChI is InChI=1S/C19H28N2O3/c1-18(2,3)24-17(22)21-9-7-19(8-10-21)12-16(20)14-11-13(23-4)5-6-15(14)19/h5-6,11,16H,7-10,12,20H2,1-4H3/t16-/m1/s1. The van der Waals surface area contributed by atoms with Crippen molar-refractivity contribution >= 4 is 6.09 Å². The van der Waals surface area contributed by atoms with Crippen molar-refractivity contribution in [1.82, 2.24) is 4.90 Å². The summed E-state index contributed by atoms with van der Waals surface area (Å²) in [5, 5.41) is 0. The average Bonchev–Trinajstić information content (AvgIpc) is 2.78. The molecule has 24 heavy (non-hydrogen) atoms. The SMILES string of the molecule is COc1ccc2c(c1)[C@H](N)CC21CCN(C(=O)OC(C)(C)C)CC1. The van der Waals surface area contributed by atoms with Gasteiger partial charge in [0, 0.05) is 24.5 Å². The van der Waals surface area contributed by atoms with E-state index in [1.165, 1.54) is 11.1 Å². The van der Waals surface area contributed by atoms with E-state index in [9.17, 15) is 4.79 Å². The molecule has 5 nitrogen and oxygen atoms in total. The van der Waals surface area contributed by atoms with Gasteiger partial charge in [-0.3, -0.25) is 0 Å². The van der Waals surface area contributed by atoms with Gasteiger partial charge in [-0.15, -0.1) is 0 Å². The number of hydrogen-bond acceptors (Lipinski definition) is 4. The number of rotatable bonds is 1. The molecule has 1 aliphatic heterocycles. The summed E-state index contributed by atoms with van der Waals surface area (Å²) in [7, 11) is 1.68. The van der Waals surface area contributed by atoms with Crippen molar-refractivity contribution in [2.24, 2.45) is 5.73 Å². The number of fused-ring (bicyclic) bond motifs is 2. The zero-order chi connectivity index (χ0) is 17.5. The van der Waals surface area contributed by atoms with E-state index < -0.39 is 5.60 Å². The molecule has 2 N–H and O–H groups in total. The van der Waals surface area contributed by atoms with E-state index in [1.54, 1.807) is 7.11 Å². The summed E-state index contributed by atoms with van der Waals surface area (Å²) in [4.78, 5) is 14.1. The third kappa shape index (κ3) is 3.09. The Morgan fingerprint density at radius 3 is 2.54 bits per heavy atom. The van der Waals surface area contributed by atoms with E-state index in [0.717, 1.165) is 25.0 Å². The van der Waals surface area contributed by atoms with Gasteiger partial charge in [0.25, 0.3) is 0 Å². The normalized spacial score (nSPS) is 22.4. The number of carbonyl (C=O) groups excluding carboxylic acids is 1. The molecule has 0 unspecified atom stereocenters. The molecule has 0 aromatic heterocycles. The number of piperidine rings is 1. The number of amides is 1. The van der Waals surface area contributed by atoms with Crippen LogP contribution < -0.4 is 10.5 Å². The van der Waals surface area contributed by atoms with Crippen LogP contribution in [-0.4, -0.2) is 36.8 Å². The van der Waals surface area contributed by atoms with Gasteiger partial charge in [-0.1, -0.05) is 6.07 Å². The lowest BCUT2D eigenvalue weighted by molar-refractivity contribution is 0.0162. The Morgan fingerprint density at radius 1 is 1.29 bits per heavy atom. The Morgan fingerprint density at radius 2 is 1.96 bits per heavy atom. The molecule has 1 heterocycles. The molecular formula is C19H28N2O3. The van der Waals surface area contributed by atoms with Crippen LogP contribution in [0.15, 0.2) is 18.2 Å². The highest BCUT2D eigenvalue weighted by atomic mass is 16.6. The fourth-order valence-corrected chi connectivity index (χ4v) is 4.02. The molecule has 0 bridgehead atoms. The first-order valence-electron chi connectivity index (χ1n) is 8.66. The molecule has 3 rings (SSSR count). The maximum absolute atomic E-state index is 12.3. The van der Waals surface area contributed by atoms with Gasteiger partial charge in [0.1, 0.15) is 11.4 Å². The Bertz CT molecular complexity index is 628. The zero-order valence-corrected chi connectivity index (χ0v) is 15.1. The Kier molecular flexibility index (Phi) is 4.24. The molecule has 1 aromatic carbocycles. The second kappa shape index (κ2) is 5.96. The molecule has 132 valence electrons. The molecule has 0 saturated carbocycles. The van der Waals surface area contributed by atoms with Crippen molar-refractivity contribution in [3.8, 4) is 5.75 Å². The maximum atomic E-state index is 12.3. The molecule has 1 aromatic rings. The summed E-state index contributed by atoms with van der Waals surface area (Å²) in [6.07, 6.45) is 2.59. The van der Waals surface area contributed by atoms with Crippen molar-refractivity contribution in [3.63, 3.8) is 0 Å². The fraction of sp³-hybridized carbons (Fsp3) is 0.632. The number of nitrogens with two attached hydrogens (primary N) is 1. The average molecular weight is 332 g/mol. The van der Waals surface area contributed by atoms with Gasteiger partial charge in [0.15, 0.2) is 0 Å². The first-order chi connectivity index (χ1) is 11.2. The van der Waals surface area contributed by atoms with Gasteiger partial charge in [-0.2, -0.15) is 0 Å². The predicted molar refractivity (Wildman–Crippen MR) is 93.3 cm³/mol. The number of methoxy groups -OCH3 is 1. The Balaban J connectivity index is 1.74. The van der Waals surface area contributed by atoms with Crippen molar-refractivity contribution in [2.45, 2.75) is 57.1 Å². The summed E-state index contributed by atoms with van der Waals surface area (Å²) in [6.45, 7) is 7.13. The van der Waals surface area contributed by atoms with Gasteiger partial charge in [-0.25, -0.2) is 4.79 Å². The van der Waals surface area contributed by atoms with Crippen LogP contribution in [-0.2, 0) is 10.2 Å². The van der Waals surface area contributed by atoms with Gasteiger partial charge in [0.05, 0.1) is 7.11 Å². The van der Waals surface area contributed by atoms with Crippen molar-refractivity contribution in [2.75, 3.05) is 20.2 Å². The van der Waals surface area contributed by atoms with Crippen LogP contribution in [0.4, 0.5) is 4.79 Å². The van der Waals surface area contributed by atoms with E-state index in [0.29, 0.717) is 13.1 Å². The predicted octanol–water partition coefficient (Wildman–Crippen LogP) is 3.37. The molecule has 2 aliphatic rings. The Hall–Kier alpha value is -1.75. The quantitative estimate of drug-likeness (QED) is 0.856. The molecule has 1 amide bonds. The minimum absolute atomic E-state index is 0.0446. The second-order valence-corrected chi connectivity index (χ2v) is 8.01. The molecule has 1 spiro atoms. The van der Waals surface area contributed by atoms with Crippen molar-refractivity contribution < 1.29 is 14.3 Å². The molecule has 1 atom stereocenters.